The van der Waals surface area contributed by atoms with Crippen molar-refractivity contribution >= 4 is 34.4 Å². The van der Waals surface area contributed by atoms with E-state index in [0.29, 0.717) is 25.5 Å². The Balaban J connectivity index is 1.29. The highest BCUT2D eigenvalue weighted by atomic mass is 35.5. The monoisotopic (exact) mass is 411 g/mol. The highest BCUT2D eigenvalue weighted by molar-refractivity contribution is 6.33. The predicted octanol–water partition coefficient (Wildman–Crippen LogP) is 3.48. The van der Waals surface area contributed by atoms with Crippen LogP contribution < -0.4 is 15.0 Å². The molecule has 0 aliphatic carbocycles. The first kappa shape index (κ1) is 19.4. The number of nitrogens with zero attached hydrogens (tertiary/aromatic N) is 4. The van der Waals surface area contributed by atoms with E-state index in [9.17, 15) is 4.79 Å². The quantitative estimate of drug-likeness (QED) is 0.599. The van der Waals surface area contributed by atoms with E-state index in [1.54, 1.807) is 6.20 Å². The summed E-state index contributed by atoms with van der Waals surface area (Å²) in [4.78, 5) is 27.5. The van der Waals surface area contributed by atoms with Crippen molar-refractivity contribution in [2.75, 3.05) is 31.1 Å². The van der Waals surface area contributed by atoms with Gasteiger partial charge in [-0.15, -0.1) is 0 Å². The molecule has 1 aliphatic heterocycles. The number of pyridine rings is 1. The minimum absolute atomic E-state index is 0.211. The number of anilines is 1. The Morgan fingerprint density at radius 2 is 2.00 bits per heavy atom. The van der Waals surface area contributed by atoms with Crippen LogP contribution in [0, 0.1) is 0 Å². The van der Waals surface area contributed by atoms with Gasteiger partial charge in [-0.05, 0) is 31.4 Å². The number of hydrogen-bond acceptors (Lipinski definition) is 6. The summed E-state index contributed by atoms with van der Waals surface area (Å²) in [6.45, 7) is 2.73. The lowest BCUT2D eigenvalue weighted by Crippen LogP contribution is -2.28. The molecular formula is C21H22ClN5O2. The zero-order valence-corrected chi connectivity index (χ0v) is 16.7. The molecule has 3 aromatic rings. The molecule has 0 bridgehead atoms. The smallest absolute Gasteiger partial charge is 0.271 e. The van der Waals surface area contributed by atoms with Crippen molar-refractivity contribution in [1.82, 2.24) is 20.3 Å². The molecule has 4 rings (SSSR count). The third-order valence-corrected chi connectivity index (χ3v) is 5.07. The van der Waals surface area contributed by atoms with Gasteiger partial charge in [0.2, 0.25) is 5.95 Å². The number of para-hydroxylation sites is 1. The molecule has 150 valence electrons. The van der Waals surface area contributed by atoms with Crippen LogP contribution in [0.25, 0.3) is 10.9 Å². The van der Waals surface area contributed by atoms with E-state index in [2.05, 4.69) is 25.2 Å². The second-order valence-electron chi connectivity index (χ2n) is 6.85. The van der Waals surface area contributed by atoms with Gasteiger partial charge in [-0.25, -0.2) is 9.97 Å². The minimum Gasteiger partial charge on any atom is -0.491 e. The fourth-order valence-corrected chi connectivity index (χ4v) is 3.50. The van der Waals surface area contributed by atoms with E-state index in [0.717, 1.165) is 42.6 Å². The summed E-state index contributed by atoms with van der Waals surface area (Å²) in [5.41, 5.74) is 1.05. The number of carbonyl (C=O) groups is 1. The summed E-state index contributed by atoms with van der Waals surface area (Å²) in [5.74, 6) is 0.997. The van der Waals surface area contributed by atoms with Gasteiger partial charge in [0, 0.05) is 31.2 Å². The number of benzene rings is 1. The molecule has 0 spiro atoms. The Labute approximate surface area is 174 Å². The van der Waals surface area contributed by atoms with Crippen LogP contribution in [0.5, 0.6) is 5.75 Å². The molecule has 1 aliphatic rings. The SMILES string of the molecule is O=C(NCCCOc1cccc2cccnc12)c1nc(N2CCCC2)ncc1Cl. The predicted molar refractivity (Wildman–Crippen MR) is 113 cm³/mol. The van der Waals surface area contributed by atoms with Crippen LogP contribution in [0.2, 0.25) is 5.02 Å². The number of hydrogen-bond donors (Lipinski definition) is 1. The van der Waals surface area contributed by atoms with Gasteiger partial charge in [-0.1, -0.05) is 29.8 Å². The van der Waals surface area contributed by atoms with Gasteiger partial charge in [0.05, 0.1) is 17.8 Å². The van der Waals surface area contributed by atoms with Gasteiger partial charge in [0.1, 0.15) is 11.3 Å². The van der Waals surface area contributed by atoms with E-state index in [1.165, 1.54) is 6.20 Å². The lowest BCUT2D eigenvalue weighted by Gasteiger charge is -2.16. The van der Waals surface area contributed by atoms with Crippen LogP contribution in [-0.4, -0.2) is 47.1 Å². The van der Waals surface area contributed by atoms with Gasteiger partial charge in [0.15, 0.2) is 5.69 Å². The van der Waals surface area contributed by atoms with Gasteiger partial charge >= 0.3 is 0 Å². The van der Waals surface area contributed by atoms with Gasteiger partial charge in [0.25, 0.3) is 5.91 Å². The van der Waals surface area contributed by atoms with Gasteiger partial charge in [-0.2, -0.15) is 0 Å². The highest BCUT2D eigenvalue weighted by Crippen LogP contribution is 2.23. The number of aromatic nitrogens is 3. The largest absolute Gasteiger partial charge is 0.491 e. The summed E-state index contributed by atoms with van der Waals surface area (Å²) in [7, 11) is 0. The summed E-state index contributed by atoms with van der Waals surface area (Å²) < 4.78 is 5.84. The summed E-state index contributed by atoms with van der Waals surface area (Å²) in [6.07, 6.45) is 6.11. The summed E-state index contributed by atoms with van der Waals surface area (Å²) in [6, 6.07) is 9.73. The van der Waals surface area contributed by atoms with Crippen LogP contribution >= 0.6 is 11.6 Å². The van der Waals surface area contributed by atoms with E-state index in [4.69, 9.17) is 16.3 Å². The van der Waals surface area contributed by atoms with Crippen molar-refractivity contribution in [2.24, 2.45) is 0 Å². The van der Waals surface area contributed by atoms with Gasteiger partial charge in [-0.3, -0.25) is 9.78 Å². The molecule has 1 amide bonds. The maximum atomic E-state index is 12.5. The van der Waals surface area contributed by atoms with E-state index >= 15 is 0 Å². The molecule has 0 saturated carbocycles. The lowest BCUT2D eigenvalue weighted by molar-refractivity contribution is 0.0946. The van der Waals surface area contributed by atoms with Crippen LogP contribution in [0.4, 0.5) is 5.95 Å². The van der Waals surface area contributed by atoms with Crippen molar-refractivity contribution in [3.8, 4) is 5.75 Å². The number of fused-ring (bicyclic) bond motifs is 1. The average Bonchev–Trinajstić information content (AvgIpc) is 3.29. The normalized spacial score (nSPS) is 13.6. The Morgan fingerprint density at radius 3 is 2.86 bits per heavy atom. The second-order valence-corrected chi connectivity index (χ2v) is 7.26. The molecule has 7 nitrogen and oxygen atoms in total. The van der Waals surface area contributed by atoms with Crippen molar-refractivity contribution < 1.29 is 9.53 Å². The minimum atomic E-state index is -0.301. The molecular weight excluding hydrogens is 390 g/mol. The zero-order chi connectivity index (χ0) is 20.1. The molecule has 1 aromatic carbocycles. The highest BCUT2D eigenvalue weighted by Gasteiger charge is 2.19. The van der Waals surface area contributed by atoms with Gasteiger partial charge < -0.3 is 15.0 Å². The lowest BCUT2D eigenvalue weighted by atomic mass is 10.2. The van der Waals surface area contributed by atoms with E-state index in [1.807, 2.05) is 30.3 Å². The van der Waals surface area contributed by atoms with Crippen molar-refractivity contribution in [3.63, 3.8) is 0 Å². The Hall–Kier alpha value is -2.93. The number of rotatable bonds is 7. The molecule has 2 aromatic heterocycles. The number of amides is 1. The third-order valence-electron chi connectivity index (χ3n) is 4.80. The molecule has 1 saturated heterocycles. The molecule has 0 unspecified atom stereocenters. The topological polar surface area (TPSA) is 80.2 Å². The third kappa shape index (κ3) is 4.56. The first-order chi connectivity index (χ1) is 14.2. The van der Waals surface area contributed by atoms with Crippen molar-refractivity contribution in [2.45, 2.75) is 19.3 Å². The van der Waals surface area contributed by atoms with Crippen LogP contribution in [0.15, 0.2) is 42.7 Å². The maximum Gasteiger partial charge on any atom is 0.271 e. The van der Waals surface area contributed by atoms with Crippen molar-refractivity contribution in [1.29, 1.82) is 0 Å². The maximum absolute atomic E-state index is 12.5. The molecule has 0 radical (unpaired) electrons. The fourth-order valence-electron chi connectivity index (χ4n) is 3.32. The van der Waals surface area contributed by atoms with Crippen molar-refractivity contribution in [3.05, 3.63) is 53.4 Å². The first-order valence-corrected chi connectivity index (χ1v) is 10.1. The second kappa shape index (κ2) is 9.05. The Morgan fingerprint density at radius 1 is 1.17 bits per heavy atom. The molecule has 29 heavy (non-hydrogen) atoms. The van der Waals surface area contributed by atoms with Crippen LogP contribution in [0.3, 0.4) is 0 Å². The molecule has 3 heterocycles. The van der Waals surface area contributed by atoms with Crippen LogP contribution in [-0.2, 0) is 0 Å². The first-order valence-electron chi connectivity index (χ1n) is 9.74. The van der Waals surface area contributed by atoms with E-state index in [-0.39, 0.29) is 16.6 Å². The average molecular weight is 412 g/mol. The zero-order valence-electron chi connectivity index (χ0n) is 16.0. The fraction of sp³-hybridized carbons (Fsp3) is 0.333. The summed E-state index contributed by atoms with van der Waals surface area (Å²) in [5, 5.41) is 4.14. The number of nitrogens with one attached hydrogen (secondary N) is 1. The number of carbonyl (C=O) groups excluding carboxylic acids is 1. The number of halogens is 1. The van der Waals surface area contributed by atoms with Crippen LogP contribution in [0.1, 0.15) is 29.8 Å². The van der Waals surface area contributed by atoms with E-state index < -0.39 is 0 Å². The Bertz CT molecular complexity index is 1000. The number of ether oxygens (including phenoxy) is 1. The summed E-state index contributed by atoms with van der Waals surface area (Å²) >= 11 is 6.14. The molecule has 0 atom stereocenters. The standard InChI is InChI=1S/C21H22ClN5O2/c22-16-14-25-21(27-11-1-2-12-27)26-19(16)20(28)24-10-5-13-29-17-8-3-6-15-7-4-9-23-18(15)17/h3-4,6-9,14H,1-2,5,10-13H2,(H,24,28). The Kier molecular flexibility index (Phi) is 6.05. The molecule has 1 N–H and O–H groups in total. The molecule has 1 fully saturated rings. The molecule has 8 heteroatoms.